The van der Waals surface area contributed by atoms with E-state index in [-0.39, 0.29) is 0 Å². The van der Waals surface area contributed by atoms with Gasteiger partial charge in [-0.25, -0.2) is 0 Å². The van der Waals surface area contributed by atoms with Gasteiger partial charge in [-0.3, -0.25) is 0 Å². The van der Waals surface area contributed by atoms with E-state index in [1.165, 1.54) is 5.69 Å². The first-order valence-corrected chi connectivity index (χ1v) is 9.69. The molecule has 26 heavy (non-hydrogen) atoms. The molecule has 0 saturated carbocycles. The molecule has 0 amide bonds. The zero-order chi connectivity index (χ0) is 19.4. The van der Waals surface area contributed by atoms with Gasteiger partial charge in [-0.15, -0.1) is 0 Å². The summed E-state index contributed by atoms with van der Waals surface area (Å²) >= 11 is 0. The third kappa shape index (κ3) is 6.67. The Labute approximate surface area is 159 Å². The summed E-state index contributed by atoms with van der Waals surface area (Å²) in [5.74, 6) is 0. The van der Waals surface area contributed by atoms with Gasteiger partial charge in [-0.05, 0) is 52.8 Å². The second-order valence-electron chi connectivity index (χ2n) is 5.94. The van der Waals surface area contributed by atoms with Gasteiger partial charge in [0.2, 0.25) is 0 Å². The van der Waals surface area contributed by atoms with Gasteiger partial charge in [0.05, 0.1) is 0 Å². The maximum absolute atomic E-state index is 5.67. The lowest BCUT2D eigenvalue weighted by Crippen LogP contribution is -2.31. The molecule has 0 spiro atoms. The lowest BCUT2D eigenvalue weighted by molar-refractivity contribution is 0.0960. The highest BCUT2D eigenvalue weighted by Gasteiger charge is 2.14. The lowest BCUT2D eigenvalue weighted by atomic mass is 10.2. The molecule has 1 aromatic carbocycles. The van der Waals surface area contributed by atoms with Gasteiger partial charge < -0.3 is 28.9 Å². The normalized spacial score (nSPS) is 10.8. The molecule has 6 heteroatoms. The van der Waals surface area contributed by atoms with Crippen molar-refractivity contribution in [2.45, 2.75) is 34.6 Å². The predicted octanol–water partition coefficient (Wildman–Crippen LogP) is 3.76. The van der Waals surface area contributed by atoms with Crippen molar-refractivity contribution in [1.82, 2.24) is 0 Å². The van der Waals surface area contributed by atoms with E-state index in [1.54, 1.807) is 7.11 Å². The first-order valence-electron chi connectivity index (χ1n) is 9.69. The van der Waals surface area contributed by atoms with Crippen LogP contribution in [0.1, 0.15) is 34.6 Å². The highest BCUT2D eigenvalue weighted by molar-refractivity contribution is 5.69. The third-order valence-electron chi connectivity index (χ3n) is 4.32. The molecule has 1 aromatic rings. The molecule has 0 saturated heterocycles. The van der Waals surface area contributed by atoms with Crippen molar-refractivity contribution in [2.24, 2.45) is 0 Å². The van der Waals surface area contributed by atoms with Gasteiger partial charge in [-0.2, -0.15) is 0 Å². The first kappa shape index (κ1) is 22.5. The SMILES string of the molecule is CCOCN(COCC)c1cc(N(CC)CC)cc(N(CC)COC)c1. The van der Waals surface area contributed by atoms with E-state index in [2.05, 4.69) is 53.7 Å². The topological polar surface area (TPSA) is 37.4 Å². The minimum atomic E-state index is 0.508. The third-order valence-corrected chi connectivity index (χ3v) is 4.32. The number of nitrogens with zero attached hydrogens (tertiary/aromatic N) is 3. The van der Waals surface area contributed by atoms with Gasteiger partial charge in [0.1, 0.15) is 20.2 Å². The van der Waals surface area contributed by atoms with Crippen molar-refractivity contribution in [2.75, 3.05) is 74.9 Å². The van der Waals surface area contributed by atoms with Crippen molar-refractivity contribution >= 4 is 17.1 Å². The quantitative estimate of drug-likeness (QED) is 0.466. The number of rotatable bonds is 14. The van der Waals surface area contributed by atoms with Crippen LogP contribution in [0.25, 0.3) is 0 Å². The number of hydrogen-bond acceptors (Lipinski definition) is 6. The van der Waals surface area contributed by atoms with Gasteiger partial charge in [0.15, 0.2) is 0 Å². The van der Waals surface area contributed by atoms with Gasteiger partial charge in [0, 0.05) is 57.0 Å². The fourth-order valence-electron chi connectivity index (χ4n) is 2.81. The largest absolute Gasteiger partial charge is 0.372 e. The second-order valence-corrected chi connectivity index (χ2v) is 5.94. The molecule has 0 aliphatic rings. The summed E-state index contributed by atoms with van der Waals surface area (Å²) in [6.07, 6.45) is 0. The summed E-state index contributed by atoms with van der Waals surface area (Å²) in [6, 6.07) is 6.64. The van der Waals surface area contributed by atoms with Crippen molar-refractivity contribution < 1.29 is 14.2 Å². The maximum Gasteiger partial charge on any atom is 0.120 e. The van der Waals surface area contributed by atoms with E-state index in [9.17, 15) is 0 Å². The lowest BCUT2D eigenvalue weighted by Gasteiger charge is -2.30. The number of ether oxygens (including phenoxy) is 3. The Balaban J connectivity index is 3.29. The molecule has 0 N–H and O–H groups in total. The number of benzene rings is 1. The monoisotopic (exact) mass is 367 g/mol. The Morgan fingerprint density at radius 3 is 1.42 bits per heavy atom. The molecule has 0 aliphatic carbocycles. The van der Waals surface area contributed by atoms with Crippen LogP contribution in [0.4, 0.5) is 17.1 Å². The van der Waals surface area contributed by atoms with Crippen LogP contribution >= 0.6 is 0 Å². The van der Waals surface area contributed by atoms with Crippen LogP contribution < -0.4 is 14.7 Å². The molecule has 0 bridgehead atoms. The van der Waals surface area contributed by atoms with E-state index in [4.69, 9.17) is 14.2 Å². The maximum atomic E-state index is 5.67. The average molecular weight is 368 g/mol. The number of methoxy groups -OCH3 is 1. The highest BCUT2D eigenvalue weighted by Crippen LogP contribution is 2.30. The smallest absolute Gasteiger partial charge is 0.120 e. The van der Waals surface area contributed by atoms with E-state index in [0.717, 1.165) is 31.0 Å². The standard InChI is InChI=1S/C20H37N3O3/c1-7-21(8-2)18-12-19(22(9-3)15-24-6)14-20(13-18)23(16-25-10-4)17-26-11-5/h12-14H,7-11,15-17H2,1-6H3. The summed E-state index contributed by atoms with van der Waals surface area (Å²) in [5.41, 5.74) is 3.45. The Morgan fingerprint density at radius 1 is 0.615 bits per heavy atom. The van der Waals surface area contributed by atoms with Crippen LogP contribution in [0.15, 0.2) is 18.2 Å². The summed E-state index contributed by atoms with van der Waals surface area (Å²) < 4.78 is 16.7. The molecule has 0 heterocycles. The van der Waals surface area contributed by atoms with Gasteiger partial charge in [-0.1, -0.05) is 0 Å². The Bertz CT molecular complexity index is 487. The van der Waals surface area contributed by atoms with Crippen molar-refractivity contribution in [1.29, 1.82) is 0 Å². The van der Waals surface area contributed by atoms with Crippen molar-refractivity contribution in [3.05, 3.63) is 18.2 Å². The van der Waals surface area contributed by atoms with E-state index < -0.39 is 0 Å². The molecule has 0 unspecified atom stereocenters. The zero-order valence-electron chi connectivity index (χ0n) is 17.5. The molecule has 0 radical (unpaired) electrons. The van der Waals surface area contributed by atoms with E-state index in [1.807, 2.05) is 13.8 Å². The molecule has 0 aliphatic heterocycles. The van der Waals surface area contributed by atoms with Crippen LogP contribution in [0, 0.1) is 0 Å². The number of hydrogen-bond donors (Lipinski definition) is 0. The zero-order valence-corrected chi connectivity index (χ0v) is 17.5. The van der Waals surface area contributed by atoms with Crippen molar-refractivity contribution in [3.63, 3.8) is 0 Å². The highest BCUT2D eigenvalue weighted by atomic mass is 16.5. The summed E-state index contributed by atoms with van der Waals surface area (Å²) in [7, 11) is 1.73. The molecule has 1 rings (SSSR count). The van der Waals surface area contributed by atoms with Gasteiger partial charge >= 0.3 is 0 Å². The Morgan fingerprint density at radius 2 is 1.04 bits per heavy atom. The van der Waals surface area contributed by atoms with Crippen LogP contribution in [0.3, 0.4) is 0 Å². The Kier molecular flexibility index (Phi) is 11.1. The molecule has 0 aromatic heterocycles. The Hall–Kier alpha value is -1.50. The fraction of sp³-hybridized carbons (Fsp3) is 0.700. The van der Waals surface area contributed by atoms with Crippen LogP contribution in [0.2, 0.25) is 0 Å². The van der Waals surface area contributed by atoms with E-state index >= 15 is 0 Å². The van der Waals surface area contributed by atoms with Crippen molar-refractivity contribution in [3.8, 4) is 0 Å². The minimum Gasteiger partial charge on any atom is -0.372 e. The fourth-order valence-corrected chi connectivity index (χ4v) is 2.81. The molecule has 0 atom stereocenters. The summed E-state index contributed by atoms with van der Waals surface area (Å²) in [4.78, 5) is 6.70. The van der Waals surface area contributed by atoms with Crippen LogP contribution in [-0.4, -0.2) is 60.2 Å². The van der Waals surface area contributed by atoms with Crippen LogP contribution in [0.5, 0.6) is 0 Å². The van der Waals surface area contributed by atoms with E-state index in [0.29, 0.717) is 33.4 Å². The second kappa shape index (κ2) is 12.8. The summed E-state index contributed by atoms with van der Waals surface area (Å²) in [6.45, 7) is 16.3. The molecular formula is C20H37N3O3. The molecule has 0 fully saturated rings. The molecule has 150 valence electrons. The predicted molar refractivity (Wildman–Crippen MR) is 110 cm³/mol. The van der Waals surface area contributed by atoms with Crippen LogP contribution in [-0.2, 0) is 14.2 Å². The summed E-state index contributed by atoms with van der Waals surface area (Å²) in [5, 5.41) is 0. The number of anilines is 3. The molecular weight excluding hydrogens is 330 g/mol. The molecule has 6 nitrogen and oxygen atoms in total. The minimum absolute atomic E-state index is 0.508. The first-order chi connectivity index (χ1) is 12.6. The average Bonchev–Trinajstić information content (AvgIpc) is 2.67. The van der Waals surface area contributed by atoms with Gasteiger partial charge in [0.25, 0.3) is 0 Å².